The van der Waals surface area contributed by atoms with E-state index >= 15 is 0 Å². The zero-order valence-electron chi connectivity index (χ0n) is 13.0. The molecule has 0 bridgehead atoms. The van der Waals surface area contributed by atoms with Crippen LogP contribution in [0, 0.1) is 0 Å². The molecule has 0 saturated heterocycles. The molecule has 0 fully saturated rings. The fraction of sp³-hybridized carbons (Fsp3) is 0.263. The molecule has 0 aliphatic carbocycles. The predicted octanol–water partition coefficient (Wildman–Crippen LogP) is 3.85. The second-order valence-electron chi connectivity index (χ2n) is 5.80. The molecule has 3 rings (SSSR count). The van der Waals surface area contributed by atoms with E-state index in [1.165, 1.54) is 5.56 Å². The lowest BCUT2D eigenvalue weighted by Crippen LogP contribution is -2.28. The fourth-order valence-corrected chi connectivity index (χ4v) is 3.22. The molecule has 2 N–H and O–H groups in total. The summed E-state index contributed by atoms with van der Waals surface area (Å²) in [7, 11) is 0. The maximum atomic E-state index is 9.92. The van der Waals surface area contributed by atoms with Crippen LogP contribution in [-0.2, 0) is 6.42 Å². The Morgan fingerprint density at radius 2 is 1.83 bits per heavy atom. The summed E-state index contributed by atoms with van der Waals surface area (Å²) in [6, 6.07) is 13.8. The topological polar surface area (TPSA) is 43.7 Å². The molecule has 1 aliphatic heterocycles. The van der Waals surface area contributed by atoms with Gasteiger partial charge in [0, 0.05) is 25.6 Å². The lowest BCUT2D eigenvalue weighted by molar-refractivity contribution is 0.306. The molecule has 0 amide bonds. The molecule has 0 aromatic heterocycles. The SMILES string of the molecule is Br.C=CCN1CCc2cc(O)c(O)cc2[C@@H](c2ccccc2)C1. The Morgan fingerprint density at radius 1 is 1.13 bits per heavy atom. The van der Waals surface area contributed by atoms with Crippen LogP contribution in [0.15, 0.2) is 55.1 Å². The van der Waals surface area contributed by atoms with Crippen LogP contribution < -0.4 is 0 Å². The first kappa shape index (κ1) is 17.6. The number of nitrogens with zero attached hydrogens (tertiary/aromatic N) is 1. The molecule has 1 aliphatic rings. The van der Waals surface area contributed by atoms with Crippen LogP contribution in [0.1, 0.15) is 22.6 Å². The Bertz CT molecular complexity index is 673. The molecule has 23 heavy (non-hydrogen) atoms. The molecule has 2 aromatic carbocycles. The number of hydrogen-bond donors (Lipinski definition) is 2. The molecule has 1 heterocycles. The average Bonchev–Trinajstić information content (AvgIpc) is 2.70. The number of fused-ring (bicyclic) bond motifs is 1. The monoisotopic (exact) mass is 375 g/mol. The number of phenolic OH excluding ortho intramolecular Hbond substituents is 2. The highest BCUT2D eigenvalue weighted by Crippen LogP contribution is 2.37. The number of hydrogen-bond acceptors (Lipinski definition) is 3. The molecular formula is C19H22BrNO2. The van der Waals surface area contributed by atoms with Gasteiger partial charge in [-0.1, -0.05) is 36.4 Å². The summed E-state index contributed by atoms with van der Waals surface area (Å²) in [4.78, 5) is 2.36. The van der Waals surface area contributed by atoms with Crippen LogP contribution in [0.4, 0.5) is 0 Å². The van der Waals surface area contributed by atoms with Gasteiger partial charge in [-0.3, -0.25) is 4.90 Å². The first-order chi connectivity index (χ1) is 10.7. The van der Waals surface area contributed by atoms with Crippen molar-refractivity contribution in [3.8, 4) is 11.5 Å². The van der Waals surface area contributed by atoms with Crippen molar-refractivity contribution in [2.75, 3.05) is 19.6 Å². The minimum absolute atomic E-state index is 0. The zero-order chi connectivity index (χ0) is 15.5. The molecule has 3 nitrogen and oxygen atoms in total. The van der Waals surface area contributed by atoms with Gasteiger partial charge < -0.3 is 10.2 Å². The van der Waals surface area contributed by atoms with Crippen LogP contribution in [0.3, 0.4) is 0 Å². The van der Waals surface area contributed by atoms with Gasteiger partial charge in [0.25, 0.3) is 0 Å². The highest BCUT2D eigenvalue weighted by atomic mass is 79.9. The van der Waals surface area contributed by atoms with Crippen LogP contribution >= 0.6 is 17.0 Å². The Balaban J connectivity index is 0.00000192. The molecule has 2 aromatic rings. The van der Waals surface area contributed by atoms with E-state index in [1.54, 1.807) is 12.1 Å². The quantitative estimate of drug-likeness (QED) is 0.632. The van der Waals surface area contributed by atoms with Gasteiger partial charge in [0.1, 0.15) is 0 Å². The van der Waals surface area contributed by atoms with Gasteiger partial charge in [0.2, 0.25) is 0 Å². The lowest BCUT2D eigenvalue weighted by Gasteiger charge is -2.24. The fourth-order valence-electron chi connectivity index (χ4n) is 3.22. The molecule has 0 spiro atoms. The summed E-state index contributed by atoms with van der Waals surface area (Å²) < 4.78 is 0. The molecule has 122 valence electrons. The Kier molecular flexibility index (Phi) is 5.85. The van der Waals surface area contributed by atoms with Gasteiger partial charge in [-0.2, -0.15) is 0 Å². The van der Waals surface area contributed by atoms with E-state index in [9.17, 15) is 10.2 Å². The van der Waals surface area contributed by atoms with Crippen molar-refractivity contribution >= 4 is 17.0 Å². The van der Waals surface area contributed by atoms with Gasteiger partial charge in [-0.15, -0.1) is 23.6 Å². The van der Waals surface area contributed by atoms with Crippen molar-refractivity contribution in [2.24, 2.45) is 0 Å². The maximum absolute atomic E-state index is 9.92. The van der Waals surface area contributed by atoms with E-state index in [2.05, 4.69) is 23.6 Å². The second-order valence-corrected chi connectivity index (χ2v) is 5.80. The molecule has 4 heteroatoms. The minimum Gasteiger partial charge on any atom is -0.504 e. The summed E-state index contributed by atoms with van der Waals surface area (Å²) in [5.74, 6) is 0.102. The predicted molar refractivity (Wildman–Crippen MR) is 98.7 cm³/mol. The van der Waals surface area contributed by atoms with Crippen LogP contribution in [0.5, 0.6) is 11.5 Å². The summed E-state index contributed by atoms with van der Waals surface area (Å²) in [5, 5.41) is 19.7. The highest BCUT2D eigenvalue weighted by Gasteiger charge is 2.25. The van der Waals surface area contributed by atoms with Crippen molar-refractivity contribution in [2.45, 2.75) is 12.3 Å². The number of rotatable bonds is 3. The zero-order valence-corrected chi connectivity index (χ0v) is 14.7. The van der Waals surface area contributed by atoms with Crippen molar-refractivity contribution in [1.82, 2.24) is 4.90 Å². The van der Waals surface area contributed by atoms with E-state index in [0.717, 1.165) is 37.2 Å². The van der Waals surface area contributed by atoms with Crippen LogP contribution in [0.25, 0.3) is 0 Å². The Hall–Kier alpha value is -1.78. The lowest BCUT2D eigenvalue weighted by atomic mass is 9.87. The van der Waals surface area contributed by atoms with E-state index in [1.807, 2.05) is 24.3 Å². The number of benzene rings is 2. The number of halogens is 1. The summed E-state index contributed by atoms with van der Waals surface area (Å²) >= 11 is 0. The highest BCUT2D eigenvalue weighted by molar-refractivity contribution is 8.93. The van der Waals surface area contributed by atoms with E-state index in [-0.39, 0.29) is 34.4 Å². The first-order valence-corrected chi connectivity index (χ1v) is 7.62. The van der Waals surface area contributed by atoms with Crippen molar-refractivity contribution in [3.63, 3.8) is 0 Å². The van der Waals surface area contributed by atoms with Crippen molar-refractivity contribution in [3.05, 3.63) is 71.8 Å². The summed E-state index contributed by atoms with van der Waals surface area (Å²) in [6.45, 7) is 6.49. The van der Waals surface area contributed by atoms with E-state index in [0.29, 0.717) is 0 Å². The third kappa shape index (κ3) is 3.77. The van der Waals surface area contributed by atoms with Gasteiger partial charge >= 0.3 is 0 Å². The maximum Gasteiger partial charge on any atom is 0.157 e. The Labute approximate surface area is 147 Å². The minimum atomic E-state index is -0.0446. The first-order valence-electron chi connectivity index (χ1n) is 7.62. The van der Waals surface area contributed by atoms with E-state index in [4.69, 9.17) is 0 Å². The van der Waals surface area contributed by atoms with Gasteiger partial charge in [0.05, 0.1) is 0 Å². The summed E-state index contributed by atoms with van der Waals surface area (Å²) in [6.07, 6.45) is 2.79. The van der Waals surface area contributed by atoms with E-state index < -0.39 is 0 Å². The van der Waals surface area contributed by atoms with Crippen LogP contribution in [0.2, 0.25) is 0 Å². The van der Waals surface area contributed by atoms with Gasteiger partial charge in [-0.25, -0.2) is 0 Å². The van der Waals surface area contributed by atoms with Gasteiger partial charge in [0.15, 0.2) is 11.5 Å². The van der Waals surface area contributed by atoms with Crippen molar-refractivity contribution in [1.29, 1.82) is 0 Å². The van der Waals surface area contributed by atoms with Crippen LogP contribution in [-0.4, -0.2) is 34.7 Å². The average molecular weight is 376 g/mol. The third-order valence-electron chi connectivity index (χ3n) is 4.34. The second kappa shape index (κ2) is 7.66. The number of phenols is 2. The third-order valence-corrected chi connectivity index (χ3v) is 4.34. The molecule has 1 atom stereocenters. The normalized spacial score (nSPS) is 17.7. The molecule has 0 unspecified atom stereocenters. The number of aromatic hydroxyl groups is 2. The molecule has 0 radical (unpaired) electrons. The van der Waals surface area contributed by atoms with Gasteiger partial charge in [-0.05, 0) is 35.2 Å². The molecule has 0 saturated carbocycles. The largest absolute Gasteiger partial charge is 0.504 e. The standard InChI is InChI=1S/C19H21NO2.BrH/c1-2-9-20-10-8-15-11-18(21)19(22)12-16(15)17(13-20)14-6-4-3-5-7-14;/h2-7,11-12,17,21-22H,1,8-10,13H2;1H/t17-;/m1./s1. The summed E-state index contributed by atoms with van der Waals surface area (Å²) in [5.41, 5.74) is 3.44. The Morgan fingerprint density at radius 3 is 2.52 bits per heavy atom. The van der Waals surface area contributed by atoms with Crippen molar-refractivity contribution < 1.29 is 10.2 Å². The molecular weight excluding hydrogens is 354 g/mol. The smallest absolute Gasteiger partial charge is 0.157 e.